The first kappa shape index (κ1) is 21.3. The molecule has 0 aliphatic carbocycles. The van der Waals surface area contributed by atoms with Gasteiger partial charge in [-0.15, -0.1) is 0 Å². The molecule has 0 aliphatic heterocycles. The standard InChI is InChI=1S/C19H11F6N5O2/c20-18(21,22)9-32-16-27-15-13(10-4-6-11(7-5-10)19(23,24)25)14(12-3-1-2-8-26-12)29-30(15)17(31)28-16/h1-8H,9H2,(H,27,28,31). The van der Waals surface area contributed by atoms with Gasteiger partial charge in [0.15, 0.2) is 12.3 Å². The number of aromatic amines is 1. The molecule has 1 N–H and O–H groups in total. The van der Waals surface area contributed by atoms with Crippen molar-refractivity contribution in [3.05, 3.63) is 64.7 Å². The molecule has 4 aromatic rings. The summed E-state index contributed by atoms with van der Waals surface area (Å²) in [5.74, 6) is 0. The Morgan fingerprint density at radius 1 is 1.00 bits per heavy atom. The summed E-state index contributed by atoms with van der Waals surface area (Å²) in [6, 6.07) is 8.01. The van der Waals surface area contributed by atoms with Gasteiger partial charge in [-0.1, -0.05) is 18.2 Å². The summed E-state index contributed by atoms with van der Waals surface area (Å²) in [5, 5.41) is 4.13. The molecule has 0 atom stereocenters. The first-order valence-corrected chi connectivity index (χ1v) is 8.84. The molecule has 7 nitrogen and oxygen atoms in total. The molecule has 0 saturated carbocycles. The zero-order valence-corrected chi connectivity index (χ0v) is 15.7. The van der Waals surface area contributed by atoms with Crippen LogP contribution in [-0.2, 0) is 6.18 Å². The molecule has 0 unspecified atom stereocenters. The van der Waals surface area contributed by atoms with Crippen molar-refractivity contribution in [2.45, 2.75) is 12.4 Å². The zero-order chi connectivity index (χ0) is 23.1. The molecule has 0 aliphatic rings. The summed E-state index contributed by atoms with van der Waals surface area (Å²) in [5.41, 5.74) is -1.43. The number of halogens is 6. The Labute approximate surface area is 174 Å². The Kier molecular flexibility index (Phi) is 5.11. The Bertz CT molecular complexity index is 1310. The number of rotatable bonds is 4. The number of nitrogens with one attached hydrogen (secondary N) is 1. The van der Waals surface area contributed by atoms with E-state index in [4.69, 9.17) is 0 Å². The van der Waals surface area contributed by atoms with Crippen molar-refractivity contribution in [3.63, 3.8) is 0 Å². The number of H-pyrrole nitrogens is 1. The molecule has 32 heavy (non-hydrogen) atoms. The predicted molar refractivity (Wildman–Crippen MR) is 98.8 cm³/mol. The van der Waals surface area contributed by atoms with E-state index < -0.39 is 36.2 Å². The number of fused-ring (bicyclic) bond motifs is 1. The van der Waals surface area contributed by atoms with Gasteiger partial charge >= 0.3 is 18.0 Å². The summed E-state index contributed by atoms with van der Waals surface area (Å²) < 4.78 is 81.7. The molecule has 3 heterocycles. The number of hydrogen-bond acceptors (Lipinski definition) is 5. The minimum Gasteiger partial charge on any atom is -0.455 e. The number of aromatic nitrogens is 5. The van der Waals surface area contributed by atoms with E-state index in [1.54, 1.807) is 18.2 Å². The lowest BCUT2D eigenvalue weighted by molar-refractivity contribution is -0.154. The molecular formula is C19H11F6N5O2. The number of ether oxygens (including phenoxy) is 1. The first-order valence-electron chi connectivity index (χ1n) is 8.84. The van der Waals surface area contributed by atoms with E-state index >= 15 is 0 Å². The van der Waals surface area contributed by atoms with Crippen molar-refractivity contribution >= 4 is 5.65 Å². The SMILES string of the molecule is O=c1[nH]c(OCC(F)(F)F)nc2c(-c3ccc(C(F)(F)F)cc3)c(-c3ccccn3)nn12. The molecule has 13 heteroatoms. The summed E-state index contributed by atoms with van der Waals surface area (Å²) in [6.45, 7) is -1.71. The van der Waals surface area contributed by atoms with Crippen LogP contribution in [0.3, 0.4) is 0 Å². The van der Waals surface area contributed by atoms with Crippen LogP contribution in [-0.4, -0.2) is 37.3 Å². The third-order valence-corrected chi connectivity index (χ3v) is 4.26. The highest BCUT2D eigenvalue weighted by Crippen LogP contribution is 2.36. The van der Waals surface area contributed by atoms with Crippen molar-refractivity contribution < 1.29 is 31.1 Å². The molecule has 166 valence electrons. The highest BCUT2D eigenvalue weighted by atomic mass is 19.4. The molecule has 0 bridgehead atoms. The fourth-order valence-corrected chi connectivity index (χ4v) is 2.91. The Morgan fingerprint density at radius 3 is 2.31 bits per heavy atom. The highest BCUT2D eigenvalue weighted by Gasteiger charge is 2.31. The van der Waals surface area contributed by atoms with E-state index in [9.17, 15) is 31.1 Å². The van der Waals surface area contributed by atoms with Crippen LogP contribution < -0.4 is 10.4 Å². The van der Waals surface area contributed by atoms with Gasteiger partial charge in [-0.2, -0.15) is 40.9 Å². The fraction of sp³-hybridized carbons (Fsp3) is 0.158. The lowest BCUT2D eigenvalue weighted by Crippen LogP contribution is -2.24. The quantitative estimate of drug-likeness (QED) is 0.469. The van der Waals surface area contributed by atoms with Crippen LogP contribution in [0.5, 0.6) is 6.01 Å². The predicted octanol–water partition coefficient (Wildman–Crippen LogP) is 4.11. The molecule has 0 spiro atoms. The average Bonchev–Trinajstić information content (AvgIpc) is 3.12. The summed E-state index contributed by atoms with van der Waals surface area (Å²) >= 11 is 0. The van der Waals surface area contributed by atoms with Crippen LogP contribution in [0.4, 0.5) is 26.3 Å². The minimum atomic E-state index is -4.68. The Hall–Kier alpha value is -3.90. The van der Waals surface area contributed by atoms with Gasteiger partial charge in [0.1, 0.15) is 5.69 Å². The zero-order valence-electron chi connectivity index (χ0n) is 15.7. The van der Waals surface area contributed by atoms with Gasteiger partial charge in [-0.05, 0) is 29.8 Å². The molecule has 0 fully saturated rings. The molecule has 0 amide bonds. The van der Waals surface area contributed by atoms with E-state index in [1.807, 2.05) is 4.98 Å². The van der Waals surface area contributed by atoms with E-state index in [2.05, 4.69) is 19.8 Å². The number of hydrogen-bond donors (Lipinski definition) is 1. The van der Waals surface area contributed by atoms with Crippen LogP contribution in [0.1, 0.15) is 5.56 Å². The van der Waals surface area contributed by atoms with Gasteiger partial charge < -0.3 is 4.74 Å². The van der Waals surface area contributed by atoms with Crippen LogP contribution in [0, 0.1) is 0 Å². The van der Waals surface area contributed by atoms with E-state index in [0.717, 1.165) is 28.8 Å². The third kappa shape index (κ3) is 4.26. The Balaban J connectivity index is 1.93. The van der Waals surface area contributed by atoms with E-state index in [0.29, 0.717) is 0 Å². The summed E-state index contributed by atoms with van der Waals surface area (Å²) in [6.07, 6.45) is -7.82. The van der Waals surface area contributed by atoms with E-state index in [-0.39, 0.29) is 28.2 Å². The van der Waals surface area contributed by atoms with Crippen molar-refractivity contribution in [3.8, 4) is 28.5 Å². The normalized spacial score (nSPS) is 12.3. The van der Waals surface area contributed by atoms with Crippen LogP contribution >= 0.6 is 0 Å². The number of benzene rings is 1. The van der Waals surface area contributed by atoms with Crippen molar-refractivity contribution in [1.82, 2.24) is 24.6 Å². The molecule has 3 aromatic heterocycles. The highest BCUT2D eigenvalue weighted by molar-refractivity contribution is 5.89. The van der Waals surface area contributed by atoms with Gasteiger partial charge in [-0.3, -0.25) is 9.97 Å². The topological polar surface area (TPSA) is 85.2 Å². The molecule has 4 rings (SSSR count). The van der Waals surface area contributed by atoms with Gasteiger partial charge in [-0.25, -0.2) is 4.79 Å². The van der Waals surface area contributed by atoms with Gasteiger partial charge in [0.05, 0.1) is 16.8 Å². The van der Waals surface area contributed by atoms with Gasteiger partial charge in [0, 0.05) is 6.20 Å². The van der Waals surface area contributed by atoms with Crippen molar-refractivity contribution in [2.75, 3.05) is 6.61 Å². The first-order chi connectivity index (χ1) is 15.0. The maximum Gasteiger partial charge on any atom is 0.422 e. The number of alkyl halides is 6. The molecule has 1 aromatic carbocycles. The average molecular weight is 455 g/mol. The summed E-state index contributed by atoms with van der Waals surface area (Å²) in [7, 11) is 0. The monoisotopic (exact) mass is 455 g/mol. The maximum absolute atomic E-state index is 13.0. The third-order valence-electron chi connectivity index (χ3n) is 4.26. The lowest BCUT2D eigenvalue weighted by atomic mass is 10.0. The smallest absolute Gasteiger partial charge is 0.422 e. The minimum absolute atomic E-state index is 0.0938. The Morgan fingerprint density at radius 2 is 1.72 bits per heavy atom. The second-order valence-electron chi connectivity index (χ2n) is 6.50. The number of pyridine rings is 1. The summed E-state index contributed by atoms with van der Waals surface area (Å²) in [4.78, 5) is 22.5. The van der Waals surface area contributed by atoms with Gasteiger partial charge in [0.2, 0.25) is 0 Å². The lowest BCUT2D eigenvalue weighted by Gasteiger charge is -2.09. The molecule has 0 radical (unpaired) electrons. The second kappa shape index (κ2) is 7.66. The maximum atomic E-state index is 13.0. The fourth-order valence-electron chi connectivity index (χ4n) is 2.91. The van der Waals surface area contributed by atoms with Crippen LogP contribution in [0.2, 0.25) is 0 Å². The molecular weight excluding hydrogens is 444 g/mol. The van der Waals surface area contributed by atoms with Crippen LogP contribution in [0.25, 0.3) is 28.2 Å². The van der Waals surface area contributed by atoms with Gasteiger partial charge in [0.25, 0.3) is 6.01 Å². The van der Waals surface area contributed by atoms with Crippen molar-refractivity contribution in [2.24, 2.45) is 0 Å². The van der Waals surface area contributed by atoms with Crippen LogP contribution in [0.15, 0.2) is 53.5 Å². The second-order valence-corrected chi connectivity index (χ2v) is 6.50. The van der Waals surface area contributed by atoms with Crippen molar-refractivity contribution in [1.29, 1.82) is 0 Å². The molecule has 0 saturated heterocycles. The van der Waals surface area contributed by atoms with E-state index in [1.165, 1.54) is 6.20 Å². The number of nitrogens with zero attached hydrogens (tertiary/aromatic N) is 4. The largest absolute Gasteiger partial charge is 0.455 e.